The first-order valence-corrected chi connectivity index (χ1v) is 6.81. The summed E-state index contributed by atoms with van der Waals surface area (Å²) in [4.78, 5) is 6.75. The number of likely N-dealkylation sites (N-methyl/N-ethyl adjacent to an activating group) is 1. The number of hydrogen-bond acceptors (Lipinski definition) is 3. The SMILES string of the molecule is Cc1cc(NCCN(C)C)c2cccc(Br)c2n1. The lowest BCUT2D eigenvalue weighted by Crippen LogP contribution is -2.20. The zero-order valence-corrected chi connectivity index (χ0v) is 12.6. The number of benzene rings is 1. The van der Waals surface area contributed by atoms with E-state index in [9.17, 15) is 0 Å². The van der Waals surface area contributed by atoms with Crippen LogP contribution in [0.25, 0.3) is 10.9 Å². The summed E-state index contributed by atoms with van der Waals surface area (Å²) in [5, 5.41) is 4.65. The molecular formula is C14H18BrN3. The molecule has 96 valence electrons. The highest BCUT2D eigenvalue weighted by Gasteiger charge is 2.06. The predicted octanol–water partition coefficient (Wildman–Crippen LogP) is 3.28. The van der Waals surface area contributed by atoms with Crippen LogP contribution in [-0.2, 0) is 0 Å². The van der Waals surface area contributed by atoms with E-state index in [1.165, 1.54) is 0 Å². The first kappa shape index (κ1) is 13.3. The molecule has 0 saturated heterocycles. The molecule has 0 aliphatic heterocycles. The maximum atomic E-state index is 4.58. The molecule has 1 N–H and O–H groups in total. The third kappa shape index (κ3) is 3.00. The van der Waals surface area contributed by atoms with Crippen molar-refractivity contribution in [2.75, 3.05) is 32.5 Å². The second kappa shape index (κ2) is 5.67. The lowest BCUT2D eigenvalue weighted by atomic mass is 10.1. The topological polar surface area (TPSA) is 28.2 Å². The minimum atomic E-state index is 0.929. The monoisotopic (exact) mass is 307 g/mol. The Kier molecular flexibility index (Phi) is 4.19. The van der Waals surface area contributed by atoms with Crippen LogP contribution in [0.2, 0.25) is 0 Å². The van der Waals surface area contributed by atoms with Gasteiger partial charge >= 0.3 is 0 Å². The van der Waals surface area contributed by atoms with Crippen LogP contribution < -0.4 is 5.32 Å². The fourth-order valence-electron chi connectivity index (χ4n) is 1.90. The number of rotatable bonds is 4. The summed E-state index contributed by atoms with van der Waals surface area (Å²) in [6.07, 6.45) is 0. The third-order valence-corrected chi connectivity index (χ3v) is 3.43. The maximum absolute atomic E-state index is 4.58. The van der Waals surface area contributed by atoms with E-state index in [-0.39, 0.29) is 0 Å². The van der Waals surface area contributed by atoms with E-state index in [0.717, 1.165) is 39.8 Å². The van der Waals surface area contributed by atoms with Gasteiger partial charge in [0.05, 0.1) is 5.52 Å². The molecule has 3 nitrogen and oxygen atoms in total. The minimum Gasteiger partial charge on any atom is -0.383 e. The Morgan fingerprint density at radius 2 is 2.11 bits per heavy atom. The van der Waals surface area contributed by atoms with Crippen LogP contribution in [0.5, 0.6) is 0 Å². The van der Waals surface area contributed by atoms with E-state index in [0.29, 0.717) is 0 Å². The van der Waals surface area contributed by atoms with Crippen molar-refractivity contribution < 1.29 is 0 Å². The molecule has 0 radical (unpaired) electrons. The van der Waals surface area contributed by atoms with Crippen LogP contribution >= 0.6 is 15.9 Å². The number of anilines is 1. The summed E-state index contributed by atoms with van der Waals surface area (Å²) in [6.45, 7) is 3.96. The number of nitrogens with one attached hydrogen (secondary N) is 1. The summed E-state index contributed by atoms with van der Waals surface area (Å²) >= 11 is 3.56. The molecule has 0 unspecified atom stereocenters. The highest BCUT2D eigenvalue weighted by atomic mass is 79.9. The molecule has 0 spiro atoms. The van der Waals surface area contributed by atoms with Crippen molar-refractivity contribution >= 4 is 32.5 Å². The molecule has 0 aliphatic carbocycles. The summed E-state index contributed by atoms with van der Waals surface area (Å²) < 4.78 is 1.04. The molecule has 0 fully saturated rings. The normalized spacial score (nSPS) is 11.2. The van der Waals surface area contributed by atoms with Gasteiger partial charge in [-0.05, 0) is 49.1 Å². The largest absolute Gasteiger partial charge is 0.383 e. The van der Waals surface area contributed by atoms with Crippen molar-refractivity contribution in [1.82, 2.24) is 9.88 Å². The Balaban J connectivity index is 2.34. The van der Waals surface area contributed by atoms with Gasteiger partial charge in [0.1, 0.15) is 0 Å². The van der Waals surface area contributed by atoms with E-state index in [1.54, 1.807) is 0 Å². The fourth-order valence-corrected chi connectivity index (χ4v) is 2.36. The average Bonchev–Trinajstić information content (AvgIpc) is 2.30. The smallest absolute Gasteiger partial charge is 0.0867 e. The summed E-state index contributed by atoms with van der Waals surface area (Å²) in [6, 6.07) is 8.27. The van der Waals surface area contributed by atoms with Crippen molar-refractivity contribution in [2.24, 2.45) is 0 Å². The van der Waals surface area contributed by atoms with Crippen molar-refractivity contribution in [2.45, 2.75) is 6.92 Å². The van der Waals surface area contributed by atoms with Crippen LogP contribution in [0.4, 0.5) is 5.69 Å². The average molecular weight is 308 g/mol. The molecular weight excluding hydrogens is 290 g/mol. The molecule has 18 heavy (non-hydrogen) atoms. The van der Waals surface area contributed by atoms with Gasteiger partial charge in [0.25, 0.3) is 0 Å². The number of hydrogen-bond donors (Lipinski definition) is 1. The highest BCUT2D eigenvalue weighted by molar-refractivity contribution is 9.10. The molecule has 2 rings (SSSR count). The molecule has 1 aromatic heterocycles. The van der Waals surface area contributed by atoms with Crippen LogP contribution in [0.1, 0.15) is 5.69 Å². The molecule has 4 heteroatoms. The minimum absolute atomic E-state index is 0.929. The number of aryl methyl sites for hydroxylation is 1. The van der Waals surface area contributed by atoms with E-state index >= 15 is 0 Å². The zero-order chi connectivity index (χ0) is 13.1. The molecule has 0 atom stereocenters. The van der Waals surface area contributed by atoms with Gasteiger partial charge in [0.15, 0.2) is 0 Å². The Hall–Kier alpha value is -1.13. The van der Waals surface area contributed by atoms with E-state index in [2.05, 4.69) is 57.4 Å². The summed E-state index contributed by atoms with van der Waals surface area (Å²) in [5.41, 5.74) is 3.20. The third-order valence-electron chi connectivity index (χ3n) is 2.79. The van der Waals surface area contributed by atoms with Crippen molar-refractivity contribution in [3.8, 4) is 0 Å². The van der Waals surface area contributed by atoms with Gasteiger partial charge in [-0.2, -0.15) is 0 Å². The van der Waals surface area contributed by atoms with E-state index in [1.807, 2.05) is 19.1 Å². The van der Waals surface area contributed by atoms with Gasteiger partial charge in [0.2, 0.25) is 0 Å². The van der Waals surface area contributed by atoms with Gasteiger partial charge in [0, 0.05) is 34.3 Å². The van der Waals surface area contributed by atoms with Gasteiger partial charge in [-0.25, -0.2) is 0 Å². The number of para-hydroxylation sites is 1. The van der Waals surface area contributed by atoms with Gasteiger partial charge < -0.3 is 10.2 Å². The number of pyridine rings is 1. The van der Waals surface area contributed by atoms with Crippen molar-refractivity contribution in [1.29, 1.82) is 0 Å². The Morgan fingerprint density at radius 3 is 2.83 bits per heavy atom. The number of nitrogens with zero attached hydrogens (tertiary/aromatic N) is 2. The molecule has 1 aromatic carbocycles. The molecule has 0 amide bonds. The van der Waals surface area contributed by atoms with E-state index < -0.39 is 0 Å². The second-order valence-electron chi connectivity index (χ2n) is 4.68. The molecule has 1 heterocycles. The lowest BCUT2D eigenvalue weighted by molar-refractivity contribution is 0.425. The van der Waals surface area contributed by atoms with Crippen LogP contribution in [0.15, 0.2) is 28.7 Å². The molecule has 2 aromatic rings. The Labute approximate surface area is 116 Å². The lowest BCUT2D eigenvalue weighted by Gasteiger charge is -2.14. The fraction of sp³-hybridized carbons (Fsp3) is 0.357. The molecule has 0 saturated carbocycles. The highest BCUT2D eigenvalue weighted by Crippen LogP contribution is 2.28. The molecule has 0 bridgehead atoms. The summed E-state index contributed by atoms with van der Waals surface area (Å²) in [5.74, 6) is 0. The predicted molar refractivity (Wildman–Crippen MR) is 81.2 cm³/mol. The standard InChI is InChI=1S/C14H18BrN3/c1-10-9-13(16-7-8-18(2)3)11-5-4-6-12(15)14(11)17-10/h4-6,9H,7-8H2,1-3H3,(H,16,17). The van der Waals surface area contributed by atoms with Gasteiger partial charge in [-0.3, -0.25) is 4.98 Å². The quantitative estimate of drug-likeness (QED) is 0.939. The van der Waals surface area contributed by atoms with Crippen molar-refractivity contribution in [3.05, 3.63) is 34.4 Å². The van der Waals surface area contributed by atoms with Crippen molar-refractivity contribution in [3.63, 3.8) is 0 Å². The van der Waals surface area contributed by atoms with Crippen LogP contribution in [-0.4, -0.2) is 37.1 Å². The first-order valence-electron chi connectivity index (χ1n) is 6.02. The number of fused-ring (bicyclic) bond motifs is 1. The Morgan fingerprint density at radius 1 is 1.33 bits per heavy atom. The number of halogens is 1. The van der Waals surface area contributed by atoms with E-state index in [4.69, 9.17) is 0 Å². The Bertz CT molecular complexity index is 552. The second-order valence-corrected chi connectivity index (χ2v) is 5.53. The van der Waals surface area contributed by atoms with Crippen LogP contribution in [0, 0.1) is 6.92 Å². The van der Waals surface area contributed by atoms with Gasteiger partial charge in [-0.15, -0.1) is 0 Å². The number of aromatic nitrogens is 1. The maximum Gasteiger partial charge on any atom is 0.0867 e. The van der Waals surface area contributed by atoms with Crippen LogP contribution in [0.3, 0.4) is 0 Å². The summed E-state index contributed by atoms with van der Waals surface area (Å²) in [7, 11) is 4.16. The van der Waals surface area contributed by atoms with Gasteiger partial charge in [-0.1, -0.05) is 12.1 Å². The zero-order valence-electron chi connectivity index (χ0n) is 11.0. The first-order chi connectivity index (χ1) is 8.58. The molecule has 0 aliphatic rings.